The summed E-state index contributed by atoms with van der Waals surface area (Å²) in [5.74, 6) is 0. The number of likely N-dealkylation sites (tertiary alicyclic amines) is 1. The number of rotatable bonds is 1. The van der Waals surface area contributed by atoms with Gasteiger partial charge in [0.1, 0.15) is 11.2 Å². The Bertz CT molecular complexity index is 453. The molecule has 0 saturated carbocycles. The van der Waals surface area contributed by atoms with E-state index < -0.39 is 5.60 Å². The first-order chi connectivity index (χ1) is 8.80. The Labute approximate surface area is 114 Å². The monoisotopic (exact) mass is 262 g/mol. The second kappa shape index (κ2) is 4.85. The predicted molar refractivity (Wildman–Crippen MR) is 75.1 cm³/mol. The van der Waals surface area contributed by atoms with Crippen LogP contribution in [0.5, 0.6) is 0 Å². The lowest BCUT2D eigenvalue weighted by molar-refractivity contribution is 0.0428. The molecule has 0 amide bonds. The highest BCUT2D eigenvalue weighted by molar-refractivity contribution is 5.71. The molecule has 1 aliphatic rings. The average molecular weight is 262 g/mol. The second-order valence-corrected chi connectivity index (χ2v) is 6.09. The maximum atomic E-state index is 10.7. The quantitative estimate of drug-likeness (QED) is 0.603. The SMILES string of the molecule is CC(C)(C)OC(=N)N1CCC(O)(c2ccccc2)C1. The summed E-state index contributed by atoms with van der Waals surface area (Å²) in [7, 11) is 0. The fourth-order valence-corrected chi connectivity index (χ4v) is 2.31. The van der Waals surface area contributed by atoms with Gasteiger partial charge in [0.2, 0.25) is 0 Å². The minimum atomic E-state index is -0.880. The molecule has 1 heterocycles. The van der Waals surface area contributed by atoms with Crippen LogP contribution in [-0.2, 0) is 10.3 Å². The maximum absolute atomic E-state index is 10.7. The van der Waals surface area contributed by atoms with E-state index >= 15 is 0 Å². The van der Waals surface area contributed by atoms with Gasteiger partial charge in [-0.2, -0.15) is 0 Å². The van der Waals surface area contributed by atoms with Gasteiger partial charge in [0.25, 0.3) is 6.02 Å². The van der Waals surface area contributed by atoms with Crippen LogP contribution in [0.25, 0.3) is 0 Å². The minimum absolute atomic E-state index is 0.138. The van der Waals surface area contributed by atoms with E-state index in [0.29, 0.717) is 19.5 Å². The fourth-order valence-electron chi connectivity index (χ4n) is 2.31. The van der Waals surface area contributed by atoms with Crippen molar-refractivity contribution in [3.63, 3.8) is 0 Å². The van der Waals surface area contributed by atoms with Gasteiger partial charge in [0.05, 0.1) is 6.54 Å². The number of aliphatic hydroxyl groups is 1. The molecule has 19 heavy (non-hydrogen) atoms. The highest BCUT2D eigenvalue weighted by Gasteiger charge is 2.39. The van der Waals surface area contributed by atoms with E-state index in [0.717, 1.165) is 5.56 Å². The number of nitrogens with zero attached hydrogens (tertiary/aromatic N) is 1. The topological polar surface area (TPSA) is 56.5 Å². The molecule has 2 rings (SSSR count). The number of hydrogen-bond acceptors (Lipinski definition) is 3. The molecule has 0 spiro atoms. The predicted octanol–water partition coefficient (Wildman–Crippen LogP) is 2.33. The summed E-state index contributed by atoms with van der Waals surface area (Å²) in [5, 5.41) is 18.7. The molecule has 1 fully saturated rings. The molecule has 2 N–H and O–H groups in total. The van der Waals surface area contributed by atoms with Crippen LogP contribution >= 0.6 is 0 Å². The number of ether oxygens (including phenoxy) is 1. The molecule has 104 valence electrons. The molecule has 0 bridgehead atoms. The minimum Gasteiger partial charge on any atom is -0.460 e. The molecule has 1 saturated heterocycles. The Morgan fingerprint density at radius 3 is 2.53 bits per heavy atom. The van der Waals surface area contributed by atoms with Gasteiger partial charge in [0.15, 0.2) is 0 Å². The molecule has 1 aliphatic heterocycles. The van der Waals surface area contributed by atoms with E-state index in [4.69, 9.17) is 10.1 Å². The summed E-state index contributed by atoms with van der Waals surface area (Å²) in [6.45, 7) is 6.80. The molecule has 0 radical (unpaired) electrons. The van der Waals surface area contributed by atoms with Gasteiger partial charge in [-0.05, 0) is 32.8 Å². The Morgan fingerprint density at radius 2 is 1.95 bits per heavy atom. The molecule has 0 aliphatic carbocycles. The average Bonchev–Trinajstić information content (AvgIpc) is 2.73. The first-order valence-corrected chi connectivity index (χ1v) is 6.61. The van der Waals surface area contributed by atoms with Gasteiger partial charge in [-0.1, -0.05) is 30.3 Å². The van der Waals surface area contributed by atoms with Crippen LogP contribution < -0.4 is 0 Å². The molecule has 4 heteroatoms. The molecular weight excluding hydrogens is 240 g/mol. The summed E-state index contributed by atoms with van der Waals surface area (Å²) in [6, 6.07) is 9.78. The third kappa shape index (κ3) is 3.26. The Balaban J connectivity index is 2.06. The first-order valence-electron chi connectivity index (χ1n) is 6.61. The molecule has 1 atom stereocenters. The van der Waals surface area contributed by atoms with Crippen LogP contribution in [0.3, 0.4) is 0 Å². The lowest BCUT2D eigenvalue weighted by Gasteiger charge is -2.28. The van der Waals surface area contributed by atoms with Crippen molar-refractivity contribution in [2.45, 2.75) is 38.4 Å². The van der Waals surface area contributed by atoms with Gasteiger partial charge in [-0.3, -0.25) is 5.41 Å². The highest BCUT2D eigenvalue weighted by Crippen LogP contribution is 2.32. The van der Waals surface area contributed by atoms with Gasteiger partial charge < -0.3 is 14.7 Å². The van der Waals surface area contributed by atoms with Gasteiger partial charge in [-0.15, -0.1) is 0 Å². The number of amidine groups is 1. The normalized spacial score (nSPS) is 23.5. The second-order valence-electron chi connectivity index (χ2n) is 6.09. The lowest BCUT2D eigenvalue weighted by atomic mass is 9.93. The van der Waals surface area contributed by atoms with Gasteiger partial charge in [-0.25, -0.2) is 0 Å². The summed E-state index contributed by atoms with van der Waals surface area (Å²) < 4.78 is 5.55. The third-order valence-electron chi connectivity index (χ3n) is 3.25. The van der Waals surface area contributed by atoms with Crippen molar-refractivity contribution in [3.05, 3.63) is 35.9 Å². The van der Waals surface area contributed by atoms with E-state index in [1.54, 1.807) is 4.90 Å². The Morgan fingerprint density at radius 1 is 1.32 bits per heavy atom. The smallest absolute Gasteiger partial charge is 0.285 e. The summed E-state index contributed by atoms with van der Waals surface area (Å²) in [4.78, 5) is 1.79. The fraction of sp³-hybridized carbons (Fsp3) is 0.533. The van der Waals surface area contributed by atoms with Crippen molar-refractivity contribution < 1.29 is 9.84 Å². The Hall–Kier alpha value is -1.55. The zero-order valence-electron chi connectivity index (χ0n) is 11.8. The van der Waals surface area contributed by atoms with Crippen LogP contribution in [0, 0.1) is 5.41 Å². The van der Waals surface area contributed by atoms with Crippen LogP contribution in [0.1, 0.15) is 32.8 Å². The van der Waals surface area contributed by atoms with E-state index in [-0.39, 0.29) is 11.6 Å². The largest absolute Gasteiger partial charge is 0.460 e. The standard InChI is InChI=1S/C15H22N2O2/c1-14(2,3)19-13(16)17-10-9-15(18,11-17)12-7-5-4-6-8-12/h4-8,16,18H,9-11H2,1-3H3. The van der Waals surface area contributed by atoms with E-state index in [9.17, 15) is 5.11 Å². The maximum Gasteiger partial charge on any atom is 0.285 e. The van der Waals surface area contributed by atoms with Crippen molar-refractivity contribution >= 4 is 6.02 Å². The molecule has 1 aromatic rings. The number of nitrogens with one attached hydrogen (secondary N) is 1. The number of hydrogen-bond donors (Lipinski definition) is 2. The lowest BCUT2D eigenvalue weighted by Crippen LogP contribution is -2.38. The van der Waals surface area contributed by atoms with Crippen LogP contribution in [0.15, 0.2) is 30.3 Å². The highest BCUT2D eigenvalue weighted by atomic mass is 16.5. The number of β-amino-alcohol motifs (C(OH)–C–C–N with tert-alkyl or cyclic N) is 1. The molecule has 4 nitrogen and oxygen atoms in total. The summed E-state index contributed by atoms with van der Waals surface area (Å²) in [6.07, 6.45) is 0.618. The third-order valence-corrected chi connectivity index (χ3v) is 3.25. The molecular formula is C15H22N2O2. The summed E-state index contributed by atoms with van der Waals surface area (Å²) >= 11 is 0. The van der Waals surface area contributed by atoms with E-state index in [1.165, 1.54) is 0 Å². The van der Waals surface area contributed by atoms with Crippen molar-refractivity contribution in [3.8, 4) is 0 Å². The van der Waals surface area contributed by atoms with Gasteiger partial charge in [0, 0.05) is 6.54 Å². The zero-order chi connectivity index (χ0) is 14.1. The molecule has 1 unspecified atom stereocenters. The molecule has 0 aromatic heterocycles. The van der Waals surface area contributed by atoms with Crippen LogP contribution in [0.2, 0.25) is 0 Å². The van der Waals surface area contributed by atoms with Gasteiger partial charge >= 0.3 is 0 Å². The van der Waals surface area contributed by atoms with E-state index in [2.05, 4.69) is 0 Å². The number of benzene rings is 1. The van der Waals surface area contributed by atoms with Crippen molar-refractivity contribution in [1.82, 2.24) is 4.90 Å². The first kappa shape index (κ1) is 13.9. The molecule has 1 aromatic carbocycles. The van der Waals surface area contributed by atoms with Crippen molar-refractivity contribution in [2.75, 3.05) is 13.1 Å². The van der Waals surface area contributed by atoms with E-state index in [1.807, 2.05) is 51.1 Å². The van der Waals surface area contributed by atoms with Crippen molar-refractivity contribution in [1.29, 1.82) is 5.41 Å². The zero-order valence-corrected chi connectivity index (χ0v) is 11.8. The van der Waals surface area contributed by atoms with Crippen LogP contribution in [0.4, 0.5) is 0 Å². The Kier molecular flexibility index (Phi) is 3.54. The van der Waals surface area contributed by atoms with Crippen molar-refractivity contribution in [2.24, 2.45) is 0 Å². The summed E-state index contributed by atoms with van der Waals surface area (Å²) in [5.41, 5.74) is -0.361. The van der Waals surface area contributed by atoms with Crippen LogP contribution in [-0.4, -0.2) is 34.7 Å².